The van der Waals surface area contributed by atoms with E-state index >= 15 is 0 Å². The van der Waals surface area contributed by atoms with Crippen molar-refractivity contribution in [3.05, 3.63) is 104 Å². The fourth-order valence-electron chi connectivity index (χ4n) is 4.30. The van der Waals surface area contributed by atoms with E-state index in [0.717, 1.165) is 53.5 Å². The van der Waals surface area contributed by atoms with Gasteiger partial charge in [0.15, 0.2) is 5.43 Å². The normalized spacial score (nSPS) is 12.7. The monoisotopic (exact) mass is 435 g/mol. The van der Waals surface area contributed by atoms with Gasteiger partial charge in [-0.3, -0.25) is 9.59 Å². The van der Waals surface area contributed by atoms with Gasteiger partial charge in [0.2, 0.25) is 5.43 Å². The van der Waals surface area contributed by atoms with Crippen LogP contribution in [0.15, 0.2) is 79.1 Å². The molecule has 0 amide bonds. The van der Waals surface area contributed by atoms with Crippen molar-refractivity contribution in [2.24, 2.45) is 0 Å². The predicted molar refractivity (Wildman–Crippen MR) is 129 cm³/mol. The number of fused-ring (bicyclic) bond motifs is 4. The van der Waals surface area contributed by atoms with Crippen LogP contribution in [0.2, 0.25) is 0 Å². The molecule has 3 aromatic carbocycles. The first-order valence-electron chi connectivity index (χ1n) is 11.0. The number of hydrogen-bond acceptors (Lipinski definition) is 5. The second-order valence-corrected chi connectivity index (χ2v) is 8.29. The Labute approximate surface area is 189 Å². The van der Waals surface area contributed by atoms with Gasteiger partial charge in [0.05, 0.1) is 27.8 Å². The van der Waals surface area contributed by atoms with E-state index in [2.05, 4.69) is 0 Å². The molecule has 0 radical (unpaired) electrons. The maximum Gasteiger partial charge on any atom is 0.200 e. The van der Waals surface area contributed by atoms with E-state index in [1.165, 1.54) is 0 Å². The number of aryl methyl sites for hydroxylation is 2. The zero-order valence-electron chi connectivity index (χ0n) is 18.2. The molecule has 6 rings (SSSR count). The third-order valence-electron chi connectivity index (χ3n) is 6.01. The van der Waals surface area contributed by atoms with Gasteiger partial charge in [-0.1, -0.05) is 18.2 Å². The minimum atomic E-state index is -0.0982. The van der Waals surface area contributed by atoms with Crippen LogP contribution in [-0.2, 0) is 12.8 Å². The van der Waals surface area contributed by atoms with Crippen molar-refractivity contribution in [3.63, 3.8) is 0 Å². The lowest BCUT2D eigenvalue weighted by Crippen LogP contribution is -2.16. The first kappa shape index (κ1) is 20.7. The van der Waals surface area contributed by atoms with E-state index in [9.17, 15) is 9.59 Å². The van der Waals surface area contributed by atoms with Gasteiger partial charge in [0.25, 0.3) is 0 Å². The highest BCUT2D eigenvalue weighted by molar-refractivity contribution is 5.90. The van der Waals surface area contributed by atoms with Crippen LogP contribution in [0.1, 0.15) is 35.3 Å². The van der Waals surface area contributed by atoms with Gasteiger partial charge in [-0.05, 0) is 74.2 Å². The lowest BCUT2D eigenvalue weighted by molar-refractivity contribution is 0.487. The Balaban J connectivity index is 0.000000139. The lowest BCUT2D eigenvalue weighted by atomic mass is 9.95. The van der Waals surface area contributed by atoms with Crippen molar-refractivity contribution >= 4 is 32.9 Å². The van der Waals surface area contributed by atoms with Crippen molar-refractivity contribution in [1.82, 2.24) is 0 Å². The highest BCUT2D eigenvalue weighted by Crippen LogP contribution is 2.23. The fraction of sp³-hybridized carbons (Fsp3) is 0.179. The first-order valence-corrected chi connectivity index (χ1v) is 11.0. The summed E-state index contributed by atoms with van der Waals surface area (Å²) in [5.41, 5.74) is 4.39. The molecular weight excluding hydrogens is 414 g/mol. The molecule has 0 atom stereocenters. The average Bonchev–Trinajstić information content (AvgIpc) is 2.84. The minimum Gasteiger partial charge on any atom is -0.461 e. The second-order valence-electron chi connectivity index (χ2n) is 8.29. The number of nitrogens with zero attached hydrogens (tertiary/aromatic N) is 1. The maximum atomic E-state index is 12.2. The van der Waals surface area contributed by atoms with Crippen LogP contribution in [0.3, 0.4) is 0 Å². The predicted octanol–water partition coefficient (Wildman–Crippen LogP) is 5.80. The molecule has 0 N–H and O–H groups in total. The Hall–Kier alpha value is -4.17. The Morgan fingerprint density at radius 1 is 0.758 bits per heavy atom. The average molecular weight is 435 g/mol. The maximum absolute atomic E-state index is 12.2. The molecular formula is C28H21NO4. The summed E-state index contributed by atoms with van der Waals surface area (Å²) in [6.45, 7) is 2.01. The molecule has 0 bridgehead atoms. The van der Waals surface area contributed by atoms with Crippen LogP contribution in [0.25, 0.3) is 32.9 Å². The number of nitriles is 1. The van der Waals surface area contributed by atoms with Gasteiger partial charge in [0.1, 0.15) is 22.5 Å². The molecule has 1 aliphatic carbocycles. The van der Waals surface area contributed by atoms with Crippen molar-refractivity contribution in [2.45, 2.75) is 32.6 Å². The quantitative estimate of drug-likeness (QED) is 0.287. The van der Waals surface area contributed by atoms with Gasteiger partial charge < -0.3 is 8.83 Å². The molecule has 2 heterocycles. The zero-order chi connectivity index (χ0) is 22.9. The molecule has 0 unspecified atom stereocenters. The van der Waals surface area contributed by atoms with Gasteiger partial charge in [-0.25, -0.2) is 0 Å². The number of rotatable bonds is 0. The third kappa shape index (κ3) is 3.81. The summed E-state index contributed by atoms with van der Waals surface area (Å²) in [6, 6.07) is 19.8. The van der Waals surface area contributed by atoms with E-state index in [0.29, 0.717) is 27.5 Å². The van der Waals surface area contributed by atoms with Crippen molar-refractivity contribution in [1.29, 1.82) is 5.26 Å². The van der Waals surface area contributed by atoms with E-state index in [1.807, 2.05) is 37.3 Å². The van der Waals surface area contributed by atoms with E-state index in [4.69, 9.17) is 14.1 Å². The lowest BCUT2D eigenvalue weighted by Gasteiger charge is -2.14. The van der Waals surface area contributed by atoms with Crippen molar-refractivity contribution in [2.75, 3.05) is 0 Å². The molecule has 162 valence electrons. The molecule has 0 fully saturated rings. The molecule has 0 saturated carbocycles. The van der Waals surface area contributed by atoms with Crippen LogP contribution < -0.4 is 10.9 Å². The molecule has 0 saturated heterocycles. The van der Waals surface area contributed by atoms with Crippen LogP contribution in [-0.4, -0.2) is 0 Å². The van der Waals surface area contributed by atoms with Gasteiger partial charge in [0, 0.05) is 12.0 Å². The topological polar surface area (TPSA) is 84.2 Å². The van der Waals surface area contributed by atoms with Crippen LogP contribution in [0.5, 0.6) is 0 Å². The number of para-hydroxylation sites is 1. The second kappa shape index (κ2) is 8.40. The Kier molecular flexibility index (Phi) is 5.27. The Morgan fingerprint density at radius 2 is 1.52 bits per heavy atom. The molecule has 5 aromatic rings. The molecule has 0 spiro atoms. The van der Waals surface area contributed by atoms with E-state index in [1.54, 1.807) is 36.4 Å². The van der Waals surface area contributed by atoms with Crippen LogP contribution in [0, 0.1) is 18.3 Å². The fourth-order valence-corrected chi connectivity index (χ4v) is 4.30. The molecule has 33 heavy (non-hydrogen) atoms. The van der Waals surface area contributed by atoms with Crippen LogP contribution >= 0.6 is 0 Å². The van der Waals surface area contributed by atoms with E-state index in [-0.39, 0.29) is 10.9 Å². The first-order chi connectivity index (χ1) is 16.0. The van der Waals surface area contributed by atoms with Gasteiger partial charge in [-0.2, -0.15) is 5.26 Å². The molecule has 1 aliphatic rings. The third-order valence-corrected chi connectivity index (χ3v) is 6.01. The number of benzene rings is 3. The summed E-state index contributed by atoms with van der Waals surface area (Å²) in [6.07, 6.45) is 4.03. The van der Waals surface area contributed by atoms with Gasteiger partial charge >= 0.3 is 0 Å². The summed E-state index contributed by atoms with van der Waals surface area (Å²) in [5, 5.41) is 10.5. The Bertz CT molecular complexity index is 1690. The minimum absolute atomic E-state index is 0.0982. The summed E-state index contributed by atoms with van der Waals surface area (Å²) in [7, 11) is 0. The zero-order valence-corrected chi connectivity index (χ0v) is 18.2. The number of hydrogen-bond donors (Lipinski definition) is 0. The molecule has 5 heteroatoms. The highest BCUT2D eigenvalue weighted by Gasteiger charge is 2.17. The summed E-state index contributed by atoms with van der Waals surface area (Å²) < 4.78 is 11.5. The molecule has 2 aromatic heterocycles. The summed E-state index contributed by atoms with van der Waals surface area (Å²) in [4.78, 5) is 24.4. The van der Waals surface area contributed by atoms with Crippen molar-refractivity contribution in [3.8, 4) is 6.07 Å². The summed E-state index contributed by atoms with van der Waals surface area (Å²) >= 11 is 0. The van der Waals surface area contributed by atoms with E-state index < -0.39 is 0 Å². The molecule has 5 nitrogen and oxygen atoms in total. The highest BCUT2D eigenvalue weighted by atomic mass is 16.3. The SMILES string of the molecule is Cc1ccc2c(=O)c3c(oc2c1)CCCC3.N#Cc1ccc2oc3ccccc3c(=O)c2c1. The smallest absolute Gasteiger partial charge is 0.200 e. The Morgan fingerprint density at radius 3 is 2.36 bits per heavy atom. The van der Waals surface area contributed by atoms with Gasteiger partial charge in [-0.15, -0.1) is 0 Å². The van der Waals surface area contributed by atoms with Crippen molar-refractivity contribution < 1.29 is 8.83 Å². The van der Waals surface area contributed by atoms with Crippen LogP contribution in [0.4, 0.5) is 0 Å². The summed E-state index contributed by atoms with van der Waals surface area (Å²) in [5.74, 6) is 0.911. The molecule has 0 aliphatic heterocycles. The largest absolute Gasteiger partial charge is 0.461 e. The standard InChI is InChI=1S/C14H7NO2.C14H14O2/c15-8-9-5-6-13-11(7-9)14(16)10-3-1-2-4-12(10)17-13;1-9-6-7-11-13(8-9)16-12-5-3-2-4-10(12)14(11)15/h1-7H;6-8H,2-5H2,1H3.